The molecule has 0 radical (unpaired) electrons. The molecule has 2 saturated heterocycles. The molecule has 0 aromatic heterocycles. The van der Waals surface area contributed by atoms with E-state index in [0.29, 0.717) is 18.4 Å². The van der Waals surface area contributed by atoms with Crippen molar-refractivity contribution in [3.8, 4) is 0 Å². The van der Waals surface area contributed by atoms with Gasteiger partial charge in [0.25, 0.3) is 0 Å². The van der Waals surface area contributed by atoms with E-state index in [4.69, 9.17) is 9.47 Å². The number of carbonyl (C=O) groups excluding carboxylic acids is 3. The number of ketones is 1. The lowest BCUT2D eigenvalue weighted by Crippen LogP contribution is -2.71. The van der Waals surface area contributed by atoms with Crippen LogP contribution in [0.2, 0.25) is 0 Å². The summed E-state index contributed by atoms with van der Waals surface area (Å²) < 4.78 is 11.3. The van der Waals surface area contributed by atoms with Crippen molar-refractivity contribution in [2.75, 3.05) is 0 Å². The summed E-state index contributed by atoms with van der Waals surface area (Å²) in [4.78, 5) is 42.3. The molecule has 2 aromatic carbocycles. The first kappa shape index (κ1) is 22.6. The predicted molar refractivity (Wildman–Crippen MR) is 122 cm³/mol. The van der Waals surface area contributed by atoms with Crippen molar-refractivity contribution < 1.29 is 29.0 Å². The van der Waals surface area contributed by atoms with Gasteiger partial charge >= 0.3 is 12.1 Å². The van der Waals surface area contributed by atoms with Crippen LogP contribution in [0.25, 0.3) is 0 Å². The molecule has 7 heteroatoms. The maximum atomic E-state index is 14.0. The smallest absolute Gasteiger partial charge is 0.411 e. The molecule has 0 spiro atoms. The molecular formula is C27H29NO6. The number of nitrogens with zero attached hydrogens (tertiary/aromatic N) is 1. The molecule has 2 aliphatic carbocycles. The maximum Gasteiger partial charge on any atom is 0.411 e. The van der Waals surface area contributed by atoms with E-state index in [0.717, 1.165) is 5.56 Å². The van der Waals surface area contributed by atoms with Crippen LogP contribution in [-0.4, -0.2) is 45.0 Å². The van der Waals surface area contributed by atoms with Gasteiger partial charge in [-0.1, -0.05) is 60.7 Å². The SMILES string of the molecule is CC(C)(C)OC(=O)N1C2CC3CC(C(=O)C31C(=O)OCc1ccccc1)[C@@]2(O)c1ccccc1. The fourth-order valence-electron chi connectivity index (χ4n) is 6.10. The largest absolute Gasteiger partial charge is 0.459 e. The molecule has 4 fully saturated rings. The van der Waals surface area contributed by atoms with Crippen molar-refractivity contribution >= 4 is 17.8 Å². The Balaban J connectivity index is 1.57. The first-order chi connectivity index (χ1) is 16.1. The zero-order chi connectivity index (χ0) is 24.3. The third kappa shape index (κ3) is 3.10. The molecule has 1 N–H and O–H groups in total. The van der Waals surface area contributed by atoms with Crippen molar-refractivity contribution in [1.29, 1.82) is 0 Å². The van der Waals surface area contributed by atoms with Crippen molar-refractivity contribution in [3.63, 3.8) is 0 Å². The Morgan fingerprint density at radius 2 is 1.65 bits per heavy atom. The molecule has 4 aliphatic rings. The van der Waals surface area contributed by atoms with E-state index in [9.17, 15) is 19.5 Å². The normalized spacial score (nSPS) is 31.6. The number of ether oxygens (including phenoxy) is 2. The van der Waals surface area contributed by atoms with Crippen LogP contribution in [-0.2, 0) is 31.3 Å². The summed E-state index contributed by atoms with van der Waals surface area (Å²) in [5.74, 6) is -2.46. The van der Waals surface area contributed by atoms with Gasteiger partial charge in [-0.3, -0.25) is 9.69 Å². The van der Waals surface area contributed by atoms with Gasteiger partial charge in [0.15, 0.2) is 5.78 Å². The topological polar surface area (TPSA) is 93.1 Å². The van der Waals surface area contributed by atoms with E-state index < -0.39 is 52.5 Å². The molecule has 178 valence electrons. The van der Waals surface area contributed by atoms with Crippen LogP contribution in [0.15, 0.2) is 60.7 Å². The molecule has 7 nitrogen and oxygen atoms in total. The summed E-state index contributed by atoms with van der Waals surface area (Å²) in [6.45, 7) is 5.16. The molecule has 34 heavy (non-hydrogen) atoms. The quantitative estimate of drug-likeness (QED) is 0.550. The number of piperidine rings is 1. The number of esters is 1. The van der Waals surface area contributed by atoms with Gasteiger partial charge in [-0.05, 0) is 44.7 Å². The minimum absolute atomic E-state index is 0.0120. The highest BCUT2D eigenvalue weighted by molar-refractivity contribution is 6.15. The molecule has 2 aliphatic heterocycles. The molecule has 2 heterocycles. The lowest BCUT2D eigenvalue weighted by atomic mass is 9.68. The number of rotatable bonds is 4. The number of Topliss-reactive ketones (excluding diaryl/α,β-unsaturated/α-hetero) is 1. The Morgan fingerprint density at radius 3 is 2.26 bits per heavy atom. The zero-order valence-corrected chi connectivity index (χ0v) is 19.6. The lowest BCUT2D eigenvalue weighted by molar-refractivity contribution is -0.178. The van der Waals surface area contributed by atoms with Crippen LogP contribution in [0.4, 0.5) is 4.79 Å². The van der Waals surface area contributed by atoms with Crippen LogP contribution in [0.5, 0.6) is 0 Å². The molecule has 2 saturated carbocycles. The van der Waals surface area contributed by atoms with E-state index in [1.165, 1.54) is 4.90 Å². The summed E-state index contributed by atoms with van der Waals surface area (Å²) in [6, 6.07) is 17.3. The van der Waals surface area contributed by atoms with Crippen LogP contribution < -0.4 is 0 Å². The lowest BCUT2D eigenvalue weighted by Gasteiger charge is -2.50. The minimum Gasteiger partial charge on any atom is -0.459 e. The van der Waals surface area contributed by atoms with E-state index in [-0.39, 0.29) is 6.61 Å². The van der Waals surface area contributed by atoms with Crippen LogP contribution in [0.3, 0.4) is 0 Å². The average molecular weight is 464 g/mol. The van der Waals surface area contributed by atoms with Gasteiger partial charge in [-0.25, -0.2) is 9.59 Å². The molecule has 6 rings (SSSR count). The number of amides is 1. The van der Waals surface area contributed by atoms with Gasteiger partial charge in [0.05, 0.1) is 12.0 Å². The summed E-state index contributed by atoms with van der Waals surface area (Å²) in [5.41, 5.74) is -2.90. The molecule has 4 unspecified atom stereocenters. The van der Waals surface area contributed by atoms with E-state index in [1.54, 1.807) is 45.0 Å². The highest BCUT2D eigenvalue weighted by Crippen LogP contribution is 2.64. The Morgan fingerprint density at radius 1 is 1.03 bits per heavy atom. The summed E-state index contributed by atoms with van der Waals surface area (Å²) in [5, 5.41) is 12.0. The second kappa shape index (κ2) is 7.67. The average Bonchev–Trinajstić information content (AvgIpc) is 3.24. The van der Waals surface area contributed by atoms with Crippen molar-refractivity contribution in [1.82, 2.24) is 4.90 Å². The molecule has 2 aromatic rings. The van der Waals surface area contributed by atoms with Crippen LogP contribution in [0, 0.1) is 11.8 Å². The van der Waals surface area contributed by atoms with Crippen molar-refractivity contribution in [2.24, 2.45) is 11.8 Å². The van der Waals surface area contributed by atoms with Gasteiger partial charge in [0.2, 0.25) is 5.54 Å². The van der Waals surface area contributed by atoms with Crippen LogP contribution in [0.1, 0.15) is 44.7 Å². The fourth-order valence-corrected chi connectivity index (χ4v) is 6.10. The Labute approximate surface area is 198 Å². The minimum atomic E-state index is -1.78. The first-order valence-corrected chi connectivity index (χ1v) is 11.7. The number of benzene rings is 2. The zero-order valence-electron chi connectivity index (χ0n) is 19.6. The standard InChI is InChI=1S/C27H29NO6/c1-25(2,3)34-24(31)28-21-15-19-14-20(27(21,32)18-12-8-5-9-13-18)22(29)26(19,28)23(30)33-16-17-10-6-4-7-11-17/h4-13,19-21,32H,14-16H2,1-3H3/t19?,20?,21?,26?,27-/m0/s1. The van der Waals surface area contributed by atoms with Crippen molar-refractivity contribution in [2.45, 2.75) is 63.0 Å². The highest BCUT2D eigenvalue weighted by Gasteiger charge is 2.81. The summed E-state index contributed by atoms with van der Waals surface area (Å²) in [6.07, 6.45) is -0.173. The Bertz CT molecular complexity index is 1130. The van der Waals surface area contributed by atoms with E-state index in [1.807, 2.05) is 36.4 Å². The summed E-state index contributed by atoms with van der Waals surface area (Å²) in [7, 11) is 0. The first-order valence-electron chi connectivity index (χ1n) is 11.7. The molecule has 4 bridgehead atoms. The second-order valence-electron chi connectivity index (χ2n) is 10.5. The number of carbonyl (C=O) groups is 3. The van der Waals surface area contributed by atoms with E-state index >= 15 is 0 Å². The highest BCUT2D eigenvalue weighted by atomic mass is 16.6. The maximum absolute atomic E-state index is 14.0. The van der Waals surface area contributed by atoms with E-state index in [2.05, 4.69) is 0 Å². The van der Waals surface area contributed by atoms with Crippen LogP contribution >= 0.6 is 0 Å². The van der Waals surface area contributed by atoms with Gasteiger partial charge < -0.3 is 14.6 Å². The van der Waals surface area contributed by atoms with Gasteiger partial charge in [0, 0.05) is 5.92 Å². The van der Waals surface area contributed by atoms with Crippen molar-refractivity contribution in [3.05, 3.63) is 71.8 Å². The number of hydrogen-bond donors (Lipinski definition) is 1. The number of aliphatic hydroxyl groups is 1. The van der Waals surface area contributed by atoms with Gasteiger partial charge in [-0.15, -0.1) is 0 Å². The molecule has 1 amide bonds. The molecular weight excluding hydrogens is 434 g/mol. The van der Waals surface area contributed by atoms with Gasteiger partial charge in [0.1, 0.15) is 17.8 Å². The Hall–Kier alpha value is -3.19. The second-order valence-corrected chi connectivity index (χ2v) is 10.5. The predicted octanol–water partition coefficient (Wildman–Crippen LogP) is 3.58. The monoisotopic (exact) mass is 463 g/mol. The fraction of sp³-hybridized carbons (Fsp3) is 0.444. The Kier molecular flexibility index (Phi) is 5.09. The number of hydrogen-bond acceptors (Lipinski definition) is 6. The van der Waals surface area contributed by atoms with Gasteiger partial charge in [-0.2, -0.15) is 0 Å². The third-order valence-electron chi connectivity index (χ3n) is 7.39. The summed E-state index contributed by atoms with van der Waals surface area (Å²) >= 11 is 0. The third-order valence-corrected chi connectivity index (χ3v) is 7.39. The molecule has 5 atom stereocenters.